The van der Waals surface area contributed by atoms with Crippen molar-refractivity contribution in [2.45, 2.75) is 37.0 Å². The number of benzene rings is 1. The van der Waals surface area contributed by atoms with Gasteiger partial charge in [0, 0.05) is 30.1 Å². The lowest BCUT2D eigenvalue weighted by atomic mass is 9.60. The lowest BCUT2D eigenvalue weighted by Crippen LogP contribution is -2.50. The second kappa shape index (κ2) is 7.86. The standard InChI is InChI=1S/C24H27FN2OS/c25-20-6-3-5-16(13-20)18-8-9-21(26-14-18)10-11-23-22-7-2-1-4-17(22)12-19-15-27-29-24(19,23)28/h3,5-6,8-11,13-14,17,19,22-23,27-28H,1-2,4,7,12,15H2/b11-10+/t17?,19-,22?,23?,24+/m1/s1. The van der Waals surface area contributed by atoms with Crippen molar-refractivity contribution in [1.82, 2.24) is 9.71 Å². The van der Waals surface area contributed by atoms with Gasteiger partial charge in [-0.1, -0.05) is 43.5 Å². The van der Waals surface area contributed by atoms with Crippen LogP contribution in [0.1, 0.15) is 37.8 Å². The first kappa shape index (κ1) is 19.3. The number of aliphatic hydroxyl groups is 1. The molecule has 3 nitrogen and oxygen atoms in total. The fourth-order valence-corrected chi connectivity index (χ4v) is 6.83. The summed E-state index contributed by atoms with van der Waals surface area (Å²) in [6.07, 6.45) is 12.3. The number of aromatic nitrogens is 1. The molecular formula is C24H27FN2OS. The molecule has 2 aromatic rings. The Morgan fingerprint density at radius 1 is 1.17 bits per heavy atom. The predicted octanol–water partition coefficient (Wildman–Crippen LogP) is 5.28. The SMILES string of the molecule is O[C@]12SNC[C@H]1CC1CCCCC1C2/C=C/c1ccc(-c2cccc(F)c2)cn1. The summed E-state index contributed by atoms with van der Waals surface area (Å²) in [6, 6.07) is 10.5. The number of nitrogens with one attached hydrogen (secondary N) is 1. The summed E-state index contributed by atoms with van der Waals surface area (Å²) in [5, 5.41) is 11.5. The fourth-order valence-electron chi connectivity index (χ4n) is 5.58. The van der Waals surface area contributed by atoms with Crippen molar-refractivity contribution < 1.29 is 9.50 Å². The average molecular weight is 411 g/mol. The van der Waals surface area contributed by atoms with Crippen molar-refractivity contribution in [3.05, 3.63) is 60.2 Å². The molecule has 5 atom stereocenters. The minimum atomic E-state index is -0.712. The third-order valence-corrected chi connectivity index (χ3v) is 8.31. The van der Waals surface area contributed by atoms with Crippen molar-refractivity contribution in [2.75, 3.05) is 6.54 Å². The van der Waals surface area contributed by atoms with Gasteiger partial charge < -0.3 is 5.11 Å². The van der Waals surface area contributed by atoms with Crippen LogP contribution in [0.25, 0.3) is 17.2 Å². The molecule has 29 heavy (non-hydrogen) atoms. The van der Waals surface area contributed by atoms with Crippen LogP contribution in [0.15, 0.2) is 48.7 Å². The Balaban J connectivity index is 1.39. The maximum absolute atomic E-state index is 13.5. The molecule has 1 aromatic heterocycles. The van der Waals surface area contributed by atoms with E-state index in [-0.39, 0.29) is 11.7 Å². The molecule has 2 aliphatic carbocycles. The van der Waals surface area contributed by atoms with E-state index in [1.165, 1.54) is 49.8 Å². The highest BCUT2D eigenvalue weighted by atomic mass is 32.2. The van der Waals surface area contributed by atoms with Gasteiger partial charge in [-0.3, -0.25) is 9.71 Å². The third kappa shape index (κ3) is 3.65. The molecule has 5 rings (SSSR count). The van der Waals surface area contributed by atoms with Crippen LogP contribution in [-0.2, 0) is 0 Å². The minimum Gasteiger partial charge on any atom is -0.377 e. The number of hydrogen-bond donors (Lipinski definition) is 2. The van der Waals surface area contributed by atoms with Gasteiger partial charge in [0.05, 0.1) is 5.69 Å². The largest absolute Gasteiger partial charge is 0.377 e. The van der Waals surface area contributed by atoms with Gasteiger partial charge in [-0.05, 0) is 66.5 Å². The topological polar surface area (TPSA) is 45.1 Å². The summed E-state index contributed by atoms with van der Waals surface area (Å²) >= 11 is 1.53. The average Bonchev–Trinajstić information content (AvgIpc) is 3.12. The highest BCUT2D eigenvalue weighted by Crippen LogP contribution is 2.56. The number of rotatable bonds is 3. The van der Waals surface area contributed by atoms with Crippen molar-refractivity contribution >= 4 is 18.0 Å². The molecule has 3 aliphatic rings. The van der Waals surface area contributed by atoms with E-state index in [0.717, 1.165) is 35.7 Å². The van der Waals surface area contributed by atoms with Gasteiger partial charge in [0.2, 0.25) is 0 Å². The van der Waals surface area contributed by atoms with Crippen LogP contribution in [-0.4, -0.2) is 21.6 Å². The summed E-state index contributed by atoms with van der Waals surface area (Å²) in [7, 11) is 0. The molecule has 3 unspecified atom stereocenters. The summed E-state index contributed by atoms with van der Waals surface area (Å²) in [5.74, 6) is 1.52. The summed E-state index contributed by atoms with van der Waals surface area (Å²) < 4.78 is 16.8. The van der Waals surface area contributed by atoms with Gasteiger partial charge in [0.25, 0.3) is 0 Å². The van der Waals surface area contributed by atoms with Crippen molar-refractivity contribution in [3.63, 3.8) is 0 Å². The third-order valence-electron chi connectivity index (χ3n) is 7.06. The molecule has 5 heteroatoms. The Bertz CT molecular complexity index is 902. The number of pyridine rings is 1. The fraction of sp³-hybridized carbons (Fsp3) is 0.458. The van der Waals surface area contributed by atoms with Gasteiger partial charge in [-0.15, -0.1) is 0 Å². The molecule has 1 aromatic carbocycles. The van der Waals surface area contributed by atoms with Crippen LogP contribution < -0.4 is 4.72 Å². The van der Waals surface area contributed by atoms with E-state index in [4.69, 9.17) is 0 Å². The number of halogens is 1. The zero-order chi connectivity index (χ0) is 19.8. The smallest absolute Gasteiger partial charge is 0.134 e. The molecule has 3 fully saturated rings. The predicted molar refractivity (Wildman–Crippen MR) is 116 cm³/mol. The summed E-state index contributed by atoms with van der Waals surface area (Å²) in [4.78, 5) is 3.86. The maximum Gasteiger partial charge on any atom is 0.134 e. The Morgan fingerprint density at radius 3 is 2.90 bits per heavy atom. The van der Waals surface area contributed by atoms with Crippen molar-refractivity contribution in [3.8, 4) is 11.1 Å². The Hall–Kier alpha value is -1.69. The van der Waals surface area contributed by atoms with E-state index in [0.29, 0.717) is 11.8 Å². The quantitative estimate of drug-likeness (QED) is 0.676. The molecule has 0 spiro atoms. The number of hydrogen-bond acceptors (Lipinski definition) is 4. The number of fused-ring (bicyclic) bond motifs is 2. The Kier molecular flexibility index (Phi) is 5.23. The van der Waals surface area contributed by atoms with E-state index in [9.17, 15) is 9.50 Å². The van der Waals surface area contributed by atoms with Crippen LogP contribution in [0.4, 0.5) is 4.39 Å². The zero-order valence-electron chi connectivity index (χ0n) is 16.4. The molecule has 2 N–H and O–H groups in total. The van der Waals surface area contributed by atoms with Crippen LogP contribution in [0.2, 0.25) is 0 Å². The van der Waals surface area contributed by atoms with Crippen LogP contribution in [0.5, 0.6) is 0 Å². The van der Waals surface area contributed by atoms with E-state index in [1.807, 2.05) is 18.2 Å². The van der Waals surface area contributed by atoms with Gasteiger partial charge in [0.1, 0.15) is 10.8 Å². The molecule has 1 aliphatic heterocycles. The van der Waals surface area contributed by atoms with Gasteiger partial charge >= 0.3 is 0 Å². The normalized spacial score (nSPS) is 34.1. The molecule has 0 amide bonds. The van der Waals surface area contributed by atoms with Crippen LogP contribution in [0.3, 0.4) is 0 Å². The monoisotopic (exact) mass is 410 g/mol. The van der Waals surface area contributed by atoms with E-state index in [2.05, 4.69) is 21.9 Å². The zero-order valence-corrected chi connectivity index (χ0v) is 17.2. The molecule has 2 heterocycles. The molecule has 0 bridgehead atoms. The van der Waals surface area contributed by atoms with Crippen LogP contribution >= 0.6 is 11.9 Å². The molecular weight excluding hydrogens is 383 g/mol. The second-order valence-electron chi connectivity index (χ2n) is 8.71. The van der Waals surface area contributed by atoms with E-state index in [1.54, 1.807) is 12.3 Å². The lowest BCUT2D eigenvalue weighted by Gasteiger charge is -2.50. The Morgan fingerprint density at radius 2 is 2.07 bits per heavy atom. The van der Waals surface area contributed by atoms with Gasteiger partial charge in [0.15, 0.2) is 0 Å². The molecule has 152 valence electrons. The first-order valence-corrected chi connectivity index (χ1v) is 11.5. The molecule has 2 saturated carbocycles. The summed E-state index contributed by atoms with van der Waals surface area (Å²) in [5.41, 5.74) is 2.61. The van der Waals surface area contributed by atoms with E-state index < -0.39 is 4.93 Å². The highest BCUT2D eigenvalue weighted by Gasteiger charge is 2.56. The van der Waals surface area contributed by atoms with Crippen molar-refractivity contribution in [1.29, 1.82) is 0 Å². The summed E-state index contributed by atoms with van der Waals surface area (Å²) in [6.45, 7) is 0.898. The second-order valence-corrected chi connectivity index (χ2v) is 9.86. The number of nitrogens with zero attached hydrogens (tertiary/aromatic N) is 1. The van der Waals surface area contributed by atoms with Crippen molar-refractivity contribution in [2.24, 2.45) is 23.7 Å². The van der Waals surface area contributed by atoms with Gasteiger partial charge in [-0.2, -0.15) is 0 Å². The molecule has 0 radical (unpaired) electrons. The lowest BCUT2D eigenvalue weighted by molar-refractivity contribution is -0.0524. The minimum absolute atomic E-state index is 0.149. The first-order valence-electron chi connectivity index (χ1n) is 10.7. The van der Waals surface area contributed by atoms with Gasteiger partial charge in [-0.25, -0.2) is 4.39 Å². The highest BCUT2D eigenvalue weighted by molar-refractivity contribution is 7.98. The Labute approximate surface area is 176 Å². The van der Waals surface area contributed by atoms with Crippen LogP contribution in [0, 0.1) is 29.5 Å². The maximum atomic E-state index is 13.5. The van der Waals surface area contributed by atoms with E-state index >= 15 is 0 Å². The first-order chi connectivity index (χ1) is 14.1. The molecule has 1 saturated heterocycles.